The van der Waals surface area contributed by atoms with Crippen LogP contribution in [0.4, 0.5) is 0 Å². The standard InChI is InChI=1S/C15H18N4O2S/c1-9-17-18(8-13(20)16-15(2,3)4)14(21)11-7-12-10(19(9)11)5-6-22-12/h5-7H,8H2,1-4H3,(H,16,20). The van der Waals surface area contributed by atoms with Crippen molar-refractivity contribution in [2.75, 3.05) is 0 Å². The molecule has 3 aromatic heterocycles. The molecule has 116 valence electrons. The van der Waals surface area contributed by atoms with Gasteiger partial charge in [0, 0.05) is 5.54 Å². The normalized spacial score (nSPS) is 12.2. The molecule has 22 heavy (non-hydrogen) atoms. The highest BCUT2D eigenvalue weighted by atomic mass is 32.1. The summed E-state index contributed by atoms with van der Waals surface area (Å²) >= 11 is 1.58. The van der Waals surface area contributed by atoms with E-state index in [0.717, 1.165) is 10.2 Å². The SMILES string of the molecule is Cc1nn(CC(=O)NC(C)(C)C)c(=O)c2cc3sccc3n12. The Labute approximate surface area is 131 Å². The van der Waals surface area contributed by atoms with E-state index in [4.69, 9.17) is 0 Å². The second kappa shape index (κ2) is 4.95. The number of fused-ring (bicyclic) bond motifs is 3. The molecule has 0 saturated carbocycles. The third kappa shape index (κ3) is 2.52. The molecule has 0 radical (unpaired) electrons. The molecular formula is C15H18N4O2S. The highest BCUT2D eigenvalue weighted by Crippen LogP contribution is 2.24. The fourth-order valence-corrected chi connectivity index (χ4v) is 3.33. The molecule has 6 nitrogen and oxygen atoms in total. The summed E-state index contributed by atoms with van der Waals surface area (Å²) < 4.78 is 4.11. The lowest BCUT2D eigenvalue weighted by molar-refractivity contribution is -0.123. The van der Waals surface area contributed by atoms with Crippen molar-refractivity contribution in [3.63, 3.8) is 0 Å². The van der Waals surface area contributed by atoms with Gasteiger partial charge in [0.05, 0.1) is 10.2 Å². The first-order valence-corrected chi connectivity index (χ1v) is 7.91. The molecule has 1 N–H and O–H groups in total. The molecule has 0 atom stereocenters. The molecule has 0 unspecified atom stereocenters. The molecule has 3 aromatic rings. The minimum absolute atomic E-state index is 0.0771. The average Bonchev–Trinajstić information content (AvgIpc) is 2.92. The molecule has 3 rings (SSSR count). The number of amides is 1. The van der Waals surface area contributed by atoms with Crippen molar-refractivity contribution in [3.05, 3.63) is 33.7 Å². The van der Waals surface area contributed by atoms with Gasteiger partial charge in [-0.2, -0.15) is 5.10 Å². The number of nitrogens with one attached hydrogen (secondary N) is 1. The van der Waals surface area contributed by atoms with Crippen LogP contribution < -0.4 is 10.9 Å². The Kier molecular flexibility index (Phi) is 3.32. The first-order chi connectivity index (χ1) is 10.3. The number of rotatable bonds is 2. The lowest BCUT2D eigenvalue weighted by atomic mass is 10.1. The summed E-state index contributed by atoms with van der Waals surface area (Å²) in [4.78, 5) is 24.6. The summed E-state index contributed by atoms with van der Waals surface area (Å²) in [6, 6.07) is 3.83. The van der Waals surface area contributed by atoms with E-state index >= 15 is 0 Å². The molecule has 0 aliphatic heterocycles. The quantitative estimate of drug-likeness (QED) is 0.785. The van der Waals surface area contributed by atoms with E-state index in [2.05, 4.69) is 10.4 Å². The van der Waals surface area contributed by atoms with Crippen molar-refractivity contribution >= 4 is 33.0 Å². The molecule has 0 saturated heterocycles. The van der Waals surface area contributed by atoms with Crippen LogP contribution in [0.25, 0.3) is 15.7 Å². The molecule has 0 aromatic carbocycles. The number of hydrogen-bond acceptors (Lipinski definition) is 4. The Morgan fingerprint density at radius 3 is 2.77 bits per heavy atom. The second-order valence-electron chi connectivity index (χ2n) is 6.34. The first-order valence-electron chi connectivity index (χ1n) is 7.04. The first kappa shape index (κ1) is 14.8. The zero-order valence-corrected chi connectivity index (χ0v) is 13.8. The Balaban J connectivity index is 2.06. The smallest absolute Gasteiger partial charge is 0.291 e. The largest absolute Gasteiger partial charge is 0.350 e. The van der Waals surface area contributed by atoms with Gasteiger partial charge in [-0.25, -0.2) is 4.68 Å². The van der Waals surface area contributed by atoms with Gasteiger partial charge < -0.3 is 5.32 Å². The van der Waals surface area contributed by atoms with Crippen LogP contribution in [0.1, 0.15) is 26.6 Å². The molecule has 7 heteroatoms. The van der Waals surface area contributed by atoms with Crippen LogP contribution in [0.15, 0.2) is 22.3 Å². The van der Waals surface area contributed by atoms with E-state index in [0.29, 0.717) is 11.3 Å². The third-order valence-corrected chi connectivity index (χ3v) is 4.13. The predicted molar refractivity (Wildman–Crippen MR) is 87.5 cm³/mol. The topological polar surface area (TPSA) is 68.4 Å². The van der Waals surface area contributed by atoms with Crippen molar-refractivity contribution < 1.29 is 4.79 Å². The number of hydrogen-bond donors (Lipinski definition) is 1. The van der Waals surface area contributed by atoms with Crippen LogP contribution in [0.2, 0.25) is 0 Å². The number of aryl methyl sites for hydroxylation is 1. The number of aromatic nitrogens is 3. The van der Waals surface area contributed by atoms with E-state index in [1.54, 1.807) is 11.3 Å². The lowest BCUT2D eigenvalue weighted by Gasteiger charge is -2.20. The van der Waals surface area contributed by atoms with Crippen molar-refractivity contribution in [1.29, 1.82) is 0 Å². The predicted octanol–water partition coefficient (Wildman–Crippen LogP) is 1.93. The minimum Gasteiger partial charge on any atom is -0.350 e. The van der Waals surface area contributed by atoms with Gasteiger partial charge in [-0.15, -0.1) is 11.3 Å². The number of nitrogens with zero attached hydrogens (tertiary/aromatic N) is 3. The summed E-state index contributed by atoms with van der Waals surface area (Å²) in [6.07, 6.45) is 0. The van der Waals surface area contributed by atoms with Crippen molar-refractivity contribution in [3.8, 4) is 0 Å². The van der Waals surface area contributed by atoms with Crippen LogP contribution in [0, 0.1) is 6.92 Å². The average molecular weight is 318 g/mol. The van der Waals surface area contributed by atoms with Gasteiger partial charge in [0.2, 0.25) is 5.91 Å². The third-order valence-electron chi connectivity index (χ3n) is 3.27. The lowest BCUT2D eigenvalue weighted by Crippen LogP contribution is -2.44. The van der Waals surface area contributed by atoms with Gasteiger partial charge in [0.25, 0.3) is 5.56 Å². The summed E-state index contributed by atoms with van der Waals surface area (Å²) in [6.45, 7) is 7.46. The molecule has 0 aliphatic carbocycles. The Morgan fingerprint density at radius 2 is 2.09 bits per heavy atom. The van der Waals surface area contributed by atoms with Gasteiger partial charge in [0.1, 0.15) is 17.9 Å². The molecule has 3 heterocycles. The van der Waals surface area contributed by atoms with Crippen LogP contribution >= 0.6 is 11.3 Å². The number of thiophene rings is 1. The van der Waals surface area contributed by atoms with E-state index in [9.17, 15) is 9.59 Å². The number of carbonyl (C=O) groups is 1. The van der Waals surface area contributed by atoms with Crippen LogP contribution in [-0.2, 0) is 11.3 Å². The minimum atomic E-state index is -0.336. The molecule has 0 fully saturated rings. The van der Waals surface area contributed by atoms with Crippen LogP contribution in [-0.4, -0.2) is 25.6 Å². The maximum Gasteiger partial charge on any atom is 0.291 e. The monoisotopic (exact) mass is 318 g/mol. The highest BCUT2D eigenvalue weighted by Gasteiger charge is 2.17. The van der Waals surface area contributed by atoms with Crippen molar-refractivity contribution in [1.82, 2.24) is 19.5 Å². The van der Waals surface area contributed by atoms with Gasteiger partial charge in [0.15, 0.2) is 0 Å². The second-order valence-corrected chi connectivity index (χ2v) is 7.29. The van der Waals surface area contributed by atoms with Crippen LogP contribution in [0.5, 0.6) is 0 Å². The van der Waals surface area contributed by atoms with Crippen molar-refractivity contribution in [2.24, 2.45) is 0 Å². The van der Waals surface area contributed by atoms with E-state index in [1.165, 1.54) is 4.68 Å². The fourth-order valence-electron chi connectivity index (χ4n) is 2.53. The molecule has 0 bridgehead atoms. The van der Waals surface area contributed by atoms with Crippen LogP contribution in [0.3, 0.4) is 0 Å². The Morgan fingerprint density at radius 1 is 1.36 bits per heavy atom. The van der Waals surface area contributed by atoms with Gasteiger partial charge in [-0.1, -0.05) is 0 Å². The van der Waals surface area contributed by atoms with Gasteiger partial charge >= 0.3 is 0 Å². The number of carbonyl (C=O) groups excluding carboxylic acids is 1. The summed E-state index contributed by atoms with van der Waals surface area (Å²) in [5, 5.41) is 9.11. The van der Waals surface area contributed by atoms with E-state index in [1.807, 2.05) is 49.6 Å². The van der Waals surface area contributed by atoms with Crippen molar-refractivity contribution in [2.45, 2.75) is 39.8 Å². The Bertz CT molecular complexity index is 927. The Hall–Kier alpha value is -2.15. The molecule has 1 amide bonds. The maximum atomic E-state index is 12.6. The molecule has 0 aliphatic rings. The van der Waals surface area contributed by atoms with E-state index in [-0.39, 0.29) is 23.6 Å². The van der Waals surface area contributed by atoms with E-state index < -0.39 is 0 Å². The molecule has 0 spiro atoms. The summed E-state index contributed by atoms with van der Waals surface area (Å²) in [5.74, 6) is 0.464. The maximum absolute atomic E-state index is 12.6. The zero-order chi connectivity index (χ0) is 16.1. The molecular weight excluding hydrogens is 300 g/mol. The van der Waals surface area contributed by atoms with Gasteiger partial charge in [-0.3, -0.25) is 14.0 Å². The summed E-state index contributed by atoms with van der Waals surface area (Å²) in [7, 11) is 0. The highest BCUT2D eigenvalue weighted by molar-refractivity contribution is 7.17. The van der Waals surface area contributed by atoms with Gasteiger partial charge in [-0.05, 0) is 45.2 Å². The summed E-state index contributed by atoms with van der Waals surface area (Å²) in [5.41, 5.74) is 0.946. The fraction of sp³-hybridized carbons (Fsp3) is 0.400. The zero-order valence-electron chi connectivity index (χ0n) is 13.0.